The van der Waals surface area contributed by atoms with Gasteiger partial charge in [-0.1, -0.05) is 25.0 Å². The quantitative estimate of drug-likeness (QED) is 0.373. The number of hydrogen-bond donors (Lipinski definition) is 2. The average Bonchev–Trinajstić information content (AvgIpc) is 3.73. The van der Waals surface area contributed by atoms with E-state index in [0.29, 0.717) is 50.0 Å². The number of rotatable bonds is 4. The van der Waals surface area contributed by atoms with Crippen molar-refractivity contribution in [3.05, 3.63) is 88.6 Å². The topological polar surface area (TPSA) is 121 Å². The Balaban J connectivity index is 1.19. The van der Waals surface area contributed by atoms with Crippen LogP contribution in [0.3, 0.4) is 0 Å². The molecule has 1 saturated carbocycles. The van der Waals surface area contributed by atoms with Crippen LogP contribution >= 0.6 is 0 Å². The molecule has 2 aromatic carbocycles. The Morgan fingerprint density at radius 2 is 1.69 bits per heavy atom. The van der Waals surface area contributed by atoms with Crippen molar-refractivity contribution < 1.29 is 32.7 Å². The molecule has 256 valence electrons. The van der Waals surface area contributed by atoms with Gasteiger partial charge in [0.1, 0.15) is 35.1 Å². The molecule has 12 heteroatoms. The van der Waals surface area contributed by atoms with Gasteiger partial charge in [0.05, 0.1) is 17.5 Å². The summed E-state index contributed by atoms with van der Waals surface area (Å²) < 4.78 is 35.1. The number of nitrogens with zero attached hydrogens (tertiary/aromatic N) is 3. The summed E-state index contributed by atoms with van der Waals surface area (Å²) in [5.41, 5.74) is -1.02. The second-order valence-electron chi connectivity index (χ2n) is 14.9. The third-order valence-corrected chi connectivity index (χ3v) is 10.5. The lowest BCUT2D eigenvalue weighted by Gasteiger charge is -2.56. The maximum Gasteiger partial charge on any atom is 0.411 e. The highest BCUT2D eigenvalue weighted by atomic mass is 19.1. The number of pyridine rings is 1. The van der Waals surface area contributed by atoms with E-state index in [1.165, 1.54) is 9.80 Å². The third-order valence-electron chi connectivity index (χ3n) is 10.5. The van der Waals surface area contributed by atoms with Gasteiger partial charge >= 0.3 is 6.09 Å². The fraction of sp³-hybridized carbons (Fsp3) is 0.432. The van der Waals surface area contributed by atoms with E-state index < -0.39 is 58.2 Å². The van der Waals surface area contributed by atoms with E-state index in [4.69, 9.17) is 4.74 Å². The fourth-order valence-electron chi connectivity index (χ4n) is 8.18. The van der Waals surface area contributed by atoms with Crippen molar-refractivity contribution in [3.63, 3.8) is 0 Å². The Bertz CT molecular complexity index is 1880. The fourth-order valence-corrected chi connectivity index (χ4v) is 8.18. The van der Waals surface area contributed by atoms with Crippen molar-refractivity contribution >= 4 is 35.3 Å². The zero-order valence-electron chi connectivity index (χ0n) is 28.0. The molecule has 1 saturated heterocycles. The van der Waals surface area contributed by atoms with Gasteiger partial charge in [-0.15, -0.1) is 0 Å². The van der Waals surface area contributed by atoms with Crippen molar-refractivity contribution in [2.45, 2.75) is 88.3 Å². The predicted octanol–water partition coefficient (Wildman–Crippen LogP) is 5.59. The first kappa shape index (κ1) is 32.7. The highest BCUT2D eigenvalue weighted by molar-refractivity contribution is 6.06. The Hall–Kier alpha value is -4.87. The summed E-state index contributed by atoms with van der Waals surface area (Å²) in [7, 11) is 0. The number of fused-ring (bicyclic) bond motifs is 3. The molecule has 0 radical (unpaired) electrons. The molecular weight excluding hydrogens is 632 g/mol. The SMILES string of the molecule is CC(C)(C)OC(=O)N1C[C@@](C)(c2cc(F)cc(F)c2)N(CC(=O)Nc2ccc3c(c2)C[C@@]2(C3)C(=O)Nc3ncccc32)C(=O)C12CCCC2. The van der Waals surface area contributed by atoms with Gasteiger partial charge in [0.15, 0.2) is 0 Å². The van der Waals surface area contributed by atoms with E-state index in [-0.39, 0.29) is 18.0 Å². The van der Waals surface area contributed by atoms with Crippen molar-refractivity contribution in [3.8, 4) is 0 Å². The Kier molecular flexibility index (Phi) is 7.57. The first-order valence-electron chi connectivity index (χ1n) is 16.6. The van der Waals surface area contributed by atoms with Crippen LogP contribution in [-0.4, -0.2) is 62.8 Å². The van der Waals surface area contributed by atoms with Gasteiger partial charge in [0.25, 0.3) is 0 Å². The lowest BCUT2D eigenvalue weighted by Crippen LogP contribution is -2.73. The van der Waals surface area contributed by atoms with Crippen LogP contribution in [0.15, 0.2) is 54.7 Å². The minimum atomic E-state index is -1.48. The highest BCUT2D eigenvalue weighted by Gasteiger charge is 2.60. The summed E-state index contributed by atoms with van der Waals surface area (Å²) in [6.07, 6.45) is 4.00. The molecule has 7 rings (SSSR count). The molecule has 1 aromatic heterocycles. The first-order chi connectivity index (χ1) is 23.1. The molecule has 49 heavy (non-hydrogen) atoms. The molecule has 2 fully saturated rings. The summed E-state index contributed by atoms with van der Waals surface area (Å²) in [6.45, 7) is 6.23. The monoisotopic (exact) mass is 671 g/mol. The standard InChI is InChI=1S/C37H39F2N5O5/c1-34(2,3)49-33(48)44-21-35(4,24-15-25(38)17-26(39)16-24)43(32(47)37(44)11-5-6-12-37)20-29(45)41-27-10-9-22-18-36(19-23(22)14-27)28-8-7-13-40-30(28)42-31(36)46/h7-10,13-17H,5-6,11-12,18-21H2,1-4H3,(H,41,45)(H,40,42,46)/t35-,36+/m0/s1. The van der Waals surface area contributed by atoms with Crippen LogP contribution in [0, 0.1) is 11.6 Å². The third kappa shape index (κ3) is 5.41. The Morgan fingerprint density at radius 1 is 1.00 bits per heavy atom. The average molecular weight is 672 g/mol. The molecule has 2 spiro atoms. The summed E-state index contributed by atoms with van der Waals surface area (Å²) in [5.74, 6) is -2.23. The number of carbonyl (C=O) groups excluding carboxylic acids is 4. The van der Waals surface area contributed by atoms with E-state index >= 15 is 0 Å². The van der Waals surface area contributed by atoms with Crippen molar-refractivity contribution in [1.29, 1.82) is 0 Å². The van der Waals surface area contributed by atoms with Gasteiger partial charge in [0, 0.05) is 23.5 Å². The predicted molar refractivity (Wildman–Crippen MR) is 177 cm³/mol. The maximum atomic E-state index is 14.7. The molecular formula is C37H39F2N5O5. The van der Waals surface area contributed by atoms with Crippen LogP contribution < -0.4 is 10.6 Å². The number of nitrogens with one attached hydrogen (secondary N) is 2. The molecule has 3 heterocycles. The van der Waals surface area contributed by atoms with Crippen molar-refractivity contribution in [2.75, 3.05) is 23.7 Å². The summed E-state index contributed by atoms with van der Waals surface area (Å²) in [6, 6.07) is 12.2. The first-order valence-corrected chi connectivity index (χ1v) is 16.6. The molecule has 2 N–H and O–H groups in total. The summed E-state index contributed by atoms with van der Waals surface area (Å²) in [5, 5.41) is 5.80. The second-order valence-corrected chi connectivity index (χ2v) is 14.9. The van der Waals surface area contributed by atoms with Gasteiger partial charge in [-0.2, -0.15) is 0 Å². The van der Waals surface area contributed by atoms with E-state index in [9.17, 15) is 28.0 Å². The van der Waals surface area contributed by atoms with Crippen LogP contribution in [-0.2, 0) is 42.9 Å². The molecule has 0 unspecified atom stereocenters. The number of carbonyl (C=O) groups is 4. The van der Waals surface area contributed by atoms with Gasteiger partial charge in [-0.05, 0) is 100 Å². The summed E-state index contributed by atoms with van der Waals surface area (Å²) >= 11 is 0. The zero-order chi connectivity index (χ0) is 34.9. The number of aromatic nitrogens is 1. The molecule has 2 aliphatic heterocycles. The minimum absolute atomic E-state index is 0.110. The molecule has 10 nitrogen and oxygen atoms in total. The number of anilines is 2. The van der Waals surface area contributed by atoms with Crippen LogP contribution in [0.5, 0.6) is 0 Å². The van der Waals surface area contributed by atoms with Gasteiger partial charge < -0.3 is 20.3 Å². The lowest BCUT2D eigenvalue weighted by atomic mass is 9.79. The van der Waals surface area contributed by atoms with Crippen LogP contribution in [0.2, 0.25) is 0 Å². The molecule has 0 bridgehead atoms. The molecule has 4 aliphatic rings. The summed E-state index contributed by atoms with van der Waals surface area (Å²) in [4.78, 5) is 62.4. The van der Waals surface area contributed by atoms with Crippen LogP contribution in [0.4, 0.5) is 25.1 Å². The van der Waals surface area contributed by atoms with E-state index in [2.05, 4.69) is 15.6 Å². The highest BCUT2D eigenvalue weighted by Crippen LogP contribution is 2.48. The Labute approximate surface area is 283 Å². The molecule has 3 aromatic rings. The van der Waals surface area contributed by atoms with E-state index in [1.807, 2.05) is 24.3 Å². The Morgan fingerprint density at radius 3 is 2.39 bits per heavy atom. The number of piperazine rings is 1. The lowest BCUT2D eigenvalue weighted by molar-refractivity contribution is -0.165. The maximum absolute atomic E-state index is 14.7. The largest absolute Gasteiger partial charge is 0.444 e. The normalized spacial score (nSPS) is 23.9. The molecule has 2 aliphatic carbocycles. The van der Waals surface area contributed by atoms with Crippen LogP contribution in [0.1, 0.15) is 75.6 Å². The van der Waals surface area contributed by atoms with Gasteiger partial charge in [-0.25, -0.2) is 18.6 Å². The number of amides is 4. The van der Waals surface area contributed by atoms with Crippen molar-refractivity contribution in [1.82, 2.24) is 14.8 Å². The number of ether oxygens (including phenoxy) is 1. The van der Waals surface area contributed by atoms with E-state index in [0.717, 1.165) is 34.9 Å². The number of benzene rings is 2. The smallest absolute Gasteiger partial charge is 0.411 e. The zero-order valence-corrected chi connectivity index (χ0v) is 28.0. The van der Waals surface area contributed by atoms with Gasteiger partial charge in [-0.3, -0.25) is 19.3 Å². The number of halogens is 2. The minimum Gasteiger partial charge on any atom is -0.444 e. The molecule has 2 atom stereocenters. The molecule has 4 amide bonds. The van der Waals surface area contributed by atoms with Crippen molar-refractivity contribution in [2.24, 2.45) is 0 Å². The van der Waals surface area contributed by atoms with Crippen LogP contribution in [0.25, 0.3) is 0 Å². The van der Waals surface area contributed by atoms with E-state index in [1.54, 1.807) is 40.0 Å². The second kappa shape index (κ2) is 11.3. The number of hydrogen-bond acceptors (Lipinski definition) is 6. The van der Waals surface area contributed by atoms with Gasteiger partial charge in [0.2, 0.25) is 17.7 Å².